The van der Waals surface area contributed by atoms with Gasteiger partial charge in [-0.25, -0.2) is 0 Å². The molecule has 46 valence electrons. The summed E-state index contributed by atoms with van der Waals surface area (Å²) in [6, 6.07) is 4.27. The van der Waals surface area contributed by atoms with Gasteiger partial charge in [-0.1, -0.05) is 0 Å². The second-order valence-electron chi connectivity index (χ2n) is 2.11. The van der Waals surface area contributed by atoms with Crippen LogP contribution in [0.25, 0.3) is 10.2 Å². The van der Waals surface area contributed by atoms with Gasteiger partial charge in [-0.3, -0.25) is 0 Å². The largest absolute Gasteiger partial charge is 0.360 e. The average Bonchev–Trinajstić information content (AvgIpc) is 2.22. The molecule has 0 saturated carbocycles. The summed E-state index contributed by atoms with van der Waals surface area (Å²) in [5, 5.41) is 0. The number of nitrogens with one attached hydrogen (secondary N) is 1. The molecule has 2 aromatic heterocycles. The van der Waals surface area contributed by atoms with E-state index >= 15 is 0 Å². The van der Waals surface area contributed by atoms with Crippen molar-refractivity contribution in [3.8, 4) is 0 Å². The fourth-order valence-electron chi connectivity index (χ4n) is 0.976. The van der Waals surface area contributed by atoms with E-state index < -0.39 is 0 Å². The van der Waals surface area contributed by atoms with Gasteiger partial charge >= 0.3 is 0 Å². The van der Waals surface area contributed by atoms with Gasteiger partial charge in [-0.2, -0.15) is 0 Å². The predicted molar refractivity (Wildman–Crippen MR) is 40.9 cm³/mol. The summed E-state index contributed by atoms with van der Waals surface area (Å²) in [7, 11) is 0. The van der Waals surface area contributed by atoms with Crippen LogP contribution < -0.4 is 0 Å². The Morgan fingerprint density at radius 3 is 3.22 bits per heavy atom. The van der Waals surface area contributed by atoms with E-state index in [1.807, 2.05) is 17.5 Å². The maximum absolute atomic E-state index is 3.15. The Morgan fingerprint density at radius 2 is 2.44 bits per heavy atom. The third kappa shape index (κ3) is 0.669. The molecule has 2 heterocycles. The third-order valence-electron chi connectivity index (χ3n) is 1.36. The van der Waals surface area contributed by atoms with Gasteiger partial charge in [0.05, 0.1) is 10.2 Å². The maximum atomic E-state index is 3.15. The Hall–Kier alpha value is -0.760. The first kappa shape index (κ1) is 5.06. The van der Waals surface area contributed by atoms with E-state index in [0.717, 1.165) is 0 Å². The van der Waals surface area contributed by atoms with E-state index in [9.17, 15) is 0 Å². The Kier molecular flexibility index (Phi) is 0.904. The van der Waals surface area contributed by atoms with E-state index in [1.54, 1.807) is 0 Å². The highest BCUT2D eigenvalue weighted by molar-refractivity contribution is 7.18. The minimum absolute atomic E-state index is 1.26. The predicted octanol–water partition coefficient (Wildman–Crippen LogP) is 2.54. The molecule has 0 aliphatic rings. The van der Waals surface area contributed by atoms with E-state index in [1.165, 1.54) is 15.1 Å². The Balaban J connectivity index is 2.92. The van der Waals surface area contributed by atoms with Crippen molar-refractivity contribution in [2.24, 2.45) is 0 Å². The Morgan fingerprint density at radius 1 is 1.56 bits per heavy atom. The molecule has 0 amide bonds. The highest BCUT2D eigenvalue weighted by Gasteiger charge is 1.95. The number of fused-ring (bicyclic) bond motifs is 1. The lowest BCUT2D eigenvalue weighted by atomic mass is 10.4. The number of aromatic nitrogens is 1. The summed E-state index contributed by atoms with van der Waals surface area (Å²) >= 11 is 1.83. The molecule has 2 aromatic rings. The molecule has 0 radical (unpaired) electrons. The van der Waals surface area contributed by atoms with Crippen LogP contribution >= 0.6 is 11.3 Å². The standard InChI is InChI=1S/C7H7NS/c1-5-4-6-7(9-5)2-3-8-6/h2-4,8H,1H3. The van der Waals surface area contributed by atoms with Crippen molar-refractivity contribution in [2.75, 3.05) is 0 Å². The van der Waals surface area contributed by atoms with Crippen molar-refractivity contribution in [2.45, 2.75) is 6.92 Å². The van der Waals surface area contributed by atoms with Gasteiger partial charge in [0.15, 0.2) is 0 Å². The number of rotatable bonds is 0. The first-order chi connectivity index (χ1) is 4.36. The molecule has 9 heavy (non-hydrogen) atoms. The van der Waals surface area contributed by atoms with Gasteiger partial charge in [-0.05, 0) is 19.1 Å². The summed E-state index contributed by atoms with van der Waals surface area (Å²) in [5.74, 6) is 0. The van der Waals surface area contributed by atoms with Crippen molar-refractivity contribution in [3.63, 3.8) is 0 Å². The van der Waals surface area contributed by atoms with E-state index in [2.05, 4.69) is 24.0 Å². The van der Waals surface area contributed by atoms with Crippen LogP contribution in [0.2, 0.25) is 0 Å². The lowest BCUT2D eigenvalue weighted by molar-refractivity contribution is 1.47. The zero-order valence-corrected chi connectivity index (χ0v) is 5.96. The van der Waals surface area contributed by atoms with Crippen molar-refractivity contribution >= 4 is 21.6 Å². The third-order valence-corrected chi connectivity index (χ3v) is 2.37. The topological polar surface area (TPSA) is 15.8 Å². The van der Waals surface area contributed by atoms with Gasteiger partial charge < -0.3 is 4.98 Å². The van der Waals surface area contributed by atoms with Crippen LogP contribution in [0.15, 0.2) is 18.3 Å². The highest BCUT2D eigenvalue weighted by Crippen LogP contribution is 2.22. The van der Waals surface area contributed by atoms with Crippen LogP contribution in [0.1, 0.15) is 4.88 Å². The molecular formula is C7H7NS. The smallest absolute Gasteiger partial charge is 0.0566 e. The molecule has 0 bridgehead atoms. The zero-order chi connectivity index (χ0) is 6.27. The summed E-state index contributed by atoms with van der Waals surface area (Å²) < 4.78 is 1.35. The molecule has 2 rings (SSSR count). The lowest BCUT2D eigenvalue weighted by Crippen LogP contribution is -1.54. The summed E-state index contributed by atoms with van der Waals surface area (Å²) in [6.07, 6.45) is 1.97. The zero-order valence-electron chi connectivity index (χ0n) is 5.14. The first-order valence-corrected chi connectivity index (χ1v) is 3.71. The number of aromatic amines is 1. The molecule has 0 fully saturated rings. The average molecular weight is 137 g/mol. The summed E-state index contributed by atoms with van der Waals surface area (Å²) in [6.45, 7) is 2.12. The van der Waals surface area contributed by atoms with Crippen molar-refractivity contribution in [1.82, 2.24) is 4.98 Å². The minimum atomic E-state index is 1.26. The molecule has 2 heteroatoms. The van der Waals surface area contributed by atoms with Crippen LogP contribution in [0.4, 0.5) is 0 Å². The molecule has 0 aromatic carbocycles. The van der Waals surface area contributed by atoms with Crippen molar-refractivity contribution < 1.29 is 0 Å². The van der Waals surface area contributed by atoms with E-state index in [0.29, 0.717) is 0 Å². The summed E-state index contributed by atoms with van der Waals surface area (Å²) in [5.41, 5.74) is 1.26. The number of hydrogen-bond acceptors (Lipinski definition) is 1. The van der Waals surface area contributed by atoms with E-state index in [4.69, 9.17) is 0 Å². The van der Waals surface area contributed by atoms with Gasteiger partial charge in [0.2, 0.25) is 0 Å². The van der Waals surface area contributed by atoms with Crippen LogP contribution in [0, 0.1) is 6.92 Å². The monoisotopic (exact) mass is 137 g/mol. The highest BCUT2D eigenvalue weighted by atomic mass is 32.1. The maximum Gasteiger partial charge on any atom is 0.0566 e. The number of hydrogen-bond donors (Lipinski definition) is 1. The summed E-state index contributed by atoms with van der Waals surface area (Å²) in [4.78, 5) is 4.52. The Labute approximate surface area is 57.3 Å². The fraction of sp³-hybridized carbons (Fsp3) is 0.143. The van der Waals surface area contributed by atoms with Crippen molar-refractivity contribution in [3.05, 3.63) is 23.2 Å². The number of aryl methyl sites for hydroxylation is 1. The Bertz CT molecular complexity index is 290. The normalized spacial score (nSPS) is 10.8. The molecule has 0 saturated heterocycles. The minimum Gasteiger partial charge on any atom is -0.360 e. The van der Waals surface area contributed by atoms with Gasteiger partial charge in [0.1, 0.15) is 0 Å². The molecule has 0 aliphatic carbocycles. The lowest BCUT2D eigenvalue weighted by Gasteiger charge is -1.70. The molecule has 0 atom stereocenters. The molecule has 0 aliphatic heterocycles. The van der Waals surface area contributed by atoms with Crippen LogP contribution in [-0.4, -0.2) is 4.98 Å². The first-order valence-electron chi connectivity index (χ1n) is 2.90. The fourth-order valence-corrected chi connectivity index (χ4v) is 1.86. The second kappa shape index (κ2) is 1.61. The van der Waals surface area contributed by atoms with E-state index in [-0.39, 0.29) is 0 Å². The van der Waals surface area contributed by atoms with Crippen LogP contribution in [-0.2, 0) is 0 Å². The van der Waals surface area contributed by atoms with Crippen molar-refractivity contribution in [1.29, 1.82) is 0 Å². The molecule has 1 nitrogen and oxygen atoms in total. The molecule has 0 spiro atoms. The molecule has 0 unspecified atom stereocenters. The number of thiophene rings is 1. The number of H-pyrrole nitrogens is 1. The molecule has 1 N–H and O–H groups in total. The van der Waals surface area contributed by atoms with Crippen LogP contribution in [0.3, 0.4) is 0 Å². The quantitative estimate of drug-likeness (QED) is 0.574. The SMILES string of the molecule is Cc1cc2[nH]ccc2s1. The van der Waals surface area contributed by atoms with Crippen LogP contribution in [0.5, 0.6) is 0 Å². The van der Waals surface area contributed by atoms with Gasteiger partial charge in [0, 0.05) is 11.1 Å². The van der Waals surface area contributed by atoms with Gasteiger partial charge in [-0.15, -0.1) is 11.3 Å². The second-order valence-corrected chi connectivity index (χ2v) is 3.40. The van der Waals surface area contributed by atoms with Gasteiger partial charge in [0.25, 0.3) is 0 Å². The molecular weight excluding hydrogens is 130 g/mol.